The van der Waals surface area contributed by atoms with Crippen molar-refractivity contribution in [3.8, 4) is 5.75 Å². The van der Waals surface area contributed by atoms with E-state index >= 15 is 0 Å². The highest BCUT2D eigenvalue weighted by Crippen LogP contribution is 2.20. The molecule has 0 aromatic heterocycles. The second-order valence-electron chi connectivity index (χ2n) is 5.63. The van der Waals surface area contributed by atoms with Crippen molar-refractivity contribution in [3.63, 3.8) is 0 Å². The molecule has 0 saturated carbocycles. The molecule has 0 aliphatic rings. The minimum Gasteiger partial charge on any atom is -0.484 e. The van der Waals surface area contributed by atoms with Crippen LogP contribution in [0, 0.1) is 0 Å². The van der Waals surface area contributed by atoms with Crippen molar-refractivity contribution in [2.45, 2.75) is 0 Å². The highest BCUT2D eigenvalue weighted by molar-refractivity contribution is 5.94. The molecule has 26 heavy (non-hydrogen) atoms. The Morgan fingerprint density at radius 1 is 0.846 bits per heavy atom. The van der Waals surface area contributed by atoms with Gasteiger partial charge in [0.25, 0.3) is 5.91 Å². The lowest BCUT2D eigenvalue weighted by molar-refractivity contribution is -0.118. The third-order valence-electron chi connectivity index (χ3n) is 3.72. The number of hydrogen-bond donors (Lipinski definition) is 3. The molecular formula is C20H19N3O3. The maximum Gasteiger partial charge on any atom is 0.318 e. The third-order valence-corrected chi connectivity index (χ3v) is 3.72. The van der Waals surface area contributed by atoms with Crippen LogP contribution in [0.3, 0.4) is 0 Å². The minimum absolute atomic E-state index is 0.106. The summed E-state index contributed by atoms with van der Waals surface area (Å²) in [6.07, 6.45) is 0. The van der Waals surface area contributed by atoms with Gasteiger partial charge in [0, 0.05) is 18.4 Å². The van der Waals surface area contributed by atoms with E-state index in [9.17, 15) is 9.59 Å². The van der Waals surface area contributed by atoms with Gasteiger partial charge in [0.2, 0.25) is 0 Å². The number of fused-ring (bicyclic) bond motifs is 1. The molecule has 0 spiro atoms. The Morgan fingerprint density at radius 3 is 2.35 bits per heavy atom. The first kappa shape index (κ1) is 17.3. The summed E-state index contributed by atoms with van der Waals surface area (Å²) in [5, 5.41) is 10.0. The highest BCUT2D eigenvalue weighted by Gasteiger charge is 2.06. The first-order valence-corrected chi connectivity index (χ1v) is 8.14. The van der Waals surface area contributed by atoms with E-state index in [-0.39, 0.29) is 18.5 Å². The predicted octanol–water partition coefficient (Wildman–Crippen LogP) is 3.61. The van der Waals surface area contributed by atoms with Gasteiger partial charge in [-0.2, -0.15) is 0 Å². The van der Waals surface area contributed by atoms with Crippen LogP contribution in [0.1, 0.15) is 0 Å². The Morgan fingerprint density at radius 2 is 1.58 bits per heavy atom. The van der Waals surface area contributed by atoms with Crippen LogP contribution in [-0.4, -0.2) is 25.6 Å². The number of urea groups is 1. The van der Waals surface area contributed by atoms with E-state index in [0.29, 0.717) is 17.1 Å². The van der Waals surface area contributed by atoms with Gasteiger partial charge in [-0.25, -0.2) is 4.79 Å². The highest BCUT2D eigenvalue weighted by atomic mass is 16.5. The molecule has 0 heterocycles. The number of ether oxygens (including phenoxy) is 1. The molecular weight excluding hydrogens is 330 g/mol. The van der Waals surface area contributed by atoms with E-state index in [0.717, 1.165) is 10.8 Å². The molecule has 3 N–H and O–H groups in total. The zero-order valence-electron chi connectivity index (χ0n) is 14.3. The molecule has 3 aromatic rings. The van der Waals surface area contributed by atoms with Gasteiger partial charge in [-0.15, -0.1) is 0 Å². The lowest BCUT2D eigenvalue weighted by atomic mass is 10.1. The molecule has 3 aromatic carbocycles. The Kier molecular flexibility index (Phi) is 5.34. The van der Waals surface area contributed by atoms with Crippen molar-refractivity contribution in [2.75, 3.05) is 24.3 Å². The summed E-state index contributed by atoms with van der Waals surface area (Å²) in [6.45, 7) is -0.106. The number of nitrogens with one attached hydrogen (secondary N) is 3. The molecule has 6 heteroatoms. The smallest absolute Gasteiger partial charge is 0.318 e. The fourth-order valence-electron chi connectivity index (χ4n) is 2.47. The quantitative estimate of drug-likeness (QED) is 0.658. The molecule has 0 unspecified atom stereocenters. The van der Waals surface area contributed by atoms with Gasteiger partial charge >= 0.3 is 6.03 Å². The largest absolute Gasteiger partial charge is 0.484 e. The maximum atomic E-state index is 12.1. The summed E-state index contributed by atoms with van der Waals surface area (Å²) in [6, 6.07) is 20.2. The summed E-state index contributed by atoms with van der Waals surface area (Å²) >= 11 is 0. The first-order chi connectivity index (χ1) is 12.6. The van der Waals surface area contributed by atoms with Crippen molar-refractivity contribution in [3.05, 3.63) is 66.7 Å². The minimum atomic E-state index is -0.326. The van der Waals surface area contributed by atoms with E-state index in [1.807, 2.05) is 42.5 Å². The maximum absolute atomic E-state index is 12.1. The topological polar surface area (TPSA) is 79.5 Å². The number of hydrogen-bond acceptors (Lipinski definition) is 3. The van der Waals surface area contributed by atoms with Crippen molar-refractivity contribution in [1.82, 2.24) is 5.32 Å². The van der Waals surface area contributed by atoms with Gasteiger partial charge in [0.1, 0.15) is 5.75 Å². The Hall–Kier alpha value is -3.54. The number of rotatable bonds is 5. The standard InChI is InChI=1S/C20H19N3O3/c1-21-20(25)23-17-8-4-7-16(12-17)22-19(24)13-26-18-10-9-14-5-2-3-6-15(14)11-18/h2-12H,13H2,1H3,(H,22,24)(H2,21,23,25). The lowest BCUT2D eigenvalue weighted by Crippen LogP contribution is -2.24. The first-order valence-electron chi connectivity index (χ1n) is 8.14. The van der Waals surface area contributed by atoms with Crippen molar-refractivity contribution in [1.29, 1.82) is 0 Å². The fraction of sp³-hybridized carbons (Fsp3) is 0.100. The Labute approximate surface area is 151 Å². The molecule has 0 aliphatic heterocycles. The van der Waals surface area contributed by atoms with Crippen molar-refractivity contribution in [2.24, 2.45) is 0 Å². The molecule has 0 saturated heterocycles. The summed E-state index contributed by atoms with van der Waals surface area (Å²) in [7, 11) is 1.53. The fourth-order valence-corrected chi connectivity index (χ4v) is 2.47. The molecule has 0 fully saturated rings. The average Bonchev–Trinajstić information content (AvgIpc) is 2.66. The summed E-state index contributed by atoms with van der Waals surface area (Å²) in [5.74, 6) is 0.351. The SMILES string of the molecule is CNC(=O)Nc1cccc(NC(=O)COc2ccc3ccccc3c2)c1. The van der Waals surface area contributed by atoms with Crippen LogP contribution in [0.25, 0.3) is 10.8 Å². The number of benzene rings is 3. The van der Waals surface area contributed by atoms with Gasteiger partial charge in [0.15, 0.2) is 6.61 Å². The van der Waals surface area contributed by atoms with Crippen LogP contribution >= 0.6 is 0 Å². The van der Waals surface area contributed by atoms with Crippen LogP contribution in [0.2, 0.25) is 0 Å². The van der Waals surface area contributed by atoms with E-state index in [1.54, 1.807) is 24.3 Å². The van der Waals surface area contributed by atoms with Crippen LogP contribution in [0.5, 0.6) is 5.75 Å². The number of carbonyl (C=O) groups is 2. The monoisotopic (exact) mass is 349 g/mol. The second-order valence-corrected chi connectivity index (χ2v) is 5.63. The molecule has 0 bridgehead atoms. The molecule has 0 aliphatic carbocycles. The van der Waals surface area contributed by atoms with Crippen LogP contribution in [0.4, 0.5) is 16.2 Å². The molecule has 3 amide bonds. The second kappa shape index (κ2) is 8.02. The van der Waals surface area contributed by atoms with Crippen LogP contribution in [-0.2, 0) is 4.79 Å². The number of carbonyl (C=O) groups excluding carboxylic acids is 2. The predicted molar refractivity (Wildman–Crippen MR) is 103 cm³/mol. The average molecular weight is 349 g/mol. The third kappa shape index (κ3) is 4.51. The number of anilines is 2. The van der Waals surface area contributed by atoms with Crippen LogP contribution < -0.4 is 20.7 Å². The van der Waals surface area contributed by atoms with E-state index < -0.39 is 0 Å². The Bertz CT molecular complexity index is 940. The van der Waals surface area contributed by atoms with E-state index in [2.05, 4.69) is 16.0 Å². The number of amides is 3. The van der Waals surface area contributed by atoms with Gasteiger partial charge in [-0.05, 0) is 41.1 Å². The van der Waals surface area contributed by atoms with Crippen LogP contribution in [0.15, 0.2) is 66.7 Å². The Balaban J connectivity index is 1.58. The van der Waals surface area contributed by atoms with Gasteiger partial charge in [0.05, 0.1) is 0 Å². The summed E-state index contributed by atoms with van der Waals surface area (Å²) in [4.78, 5) is 23.4. The van der Waals surface area contributed by atoms with Gasteiger partial charge in [-0.3, -0.25) is 4.79 Å². The zero-order valence-corrected chi connectivity index (χ0v) is 14.3. The van der Waals surface area contributed by atoms with Crippen molar-refractivity contribution < 1.29 is 14.3 Å². The van der Waals surface area contributed by atoms with Gasteiger partial charge < -0.3 is 20.7 Å². The normalized spacial score (nSPS) is 10.2. The van der Waals surface area contributed by atoms with Gasteiger partial charge in [-0.1, -0.05) is 36.4 Å². The lowest BCUT2D eigenvalue weighted by Gasteiger charge is -2.10. The molecule has 132 valence electrons. The zero-order chi connectivity index (χ0) is 18.4. The molecule has 3 rings (SSSR count). The van der Waals surface area contributed by atoms with E-state index in [4.69, 9.17) is 4.74 Å². The molecule has 0 radical (unpaired) electrons. The van der Waals surface area contributed by atoms with E-state index in [1.165, 1.54) is 7.05 Å². The van der Waals surface area contributed by atoms with Crippen molar-refractivity contribution >= 4 is 34.1 Å². The summed E-state index contributed by atoms with van der Waals surface area (Å²) < 4.78 is 5.57. The molecule has 0 atom stereocenters. The molecule has 6 nitrogen and oxygen atoms in total. The summed E-state index contributed by atoms with van der Waals surface area (Å²) in [5.41, 5.74) is 1.16.